The van der Waals surface area contributed by atoms with Crippen molar-refractivity contribution in [3.05, 3.63) is 60.6 Å². The molecule has 300 valence electrons. The van der Waals surface area contributed by atoms with E-state index < -0.39 is 74.1 Å². The van der Waals surface area contributed by atoms with E-state index in [1.165, 1.54) is 4.90 Å². The Balaban J connectivity index is 1.20. The van der Waals surface area contributed by atoms with Gasteiger partial charge in [0.1, 0.15) is 40.7 Å². The van der Waals surface area contributed by atoms with Crippen molar-refractivity contribution in [1.29, 1.82) is 0 Å². The van der Waals surface area contributed by atoms with E-state index in [2.05, 4.69) is 32.1 Å². The van der Waals surface area contributed by atoms with Gasteiger partial charge in [-0.05, 0) is 80.9 Å². The minimum atomic E-state index is -3.90. The molecule has 4 aliphatic rings. The molecule has 4 fully saturated rings. The molecule has 7 rings (SSSR count). The minimum Gasteiger partial charge on any atom is -0.446 e. The van der Waals surface area contributed by atoms with Crippen LogP contribution in [0, 0.1) is 11.3 Å². The van der Waals surface area contributed by atoms with Gasteiger partial charge in [0, 0.05) is 25.1 Å². The van der Waals surface area contributed by atoms with Gasteiger partial charge in [0.2, 0.25) is 21.8 Å². The summed E-state index contributed by atoms with van der Waals surface area (Å²) in [5, 5.41) is 10.9. The van der Waals surface area contributed by atoms with Crippen LogP contribution in [0.4, 0.5) is 4.79 Å². The van der Waals surface area contributed by atoms with E-state index in [0.717, 1.165) is 42.1 Å². The van der Waals surface area contributed by atoms with Gasteiger partial charge in [0.15, 0.2) is 0 Å². The maximum Gasteiger partial charge on any atom is 0.408 e. The van der Waals surface area contributed by atoms with Crippen molar-refractivity contribution in [3.63, 3.8) is 0 Å². The molecule has 1 aromatic carbocycles. The number of amides is 4. The van der Waals surface area contributed by atoms with E-state index in [-0.39, 0.29) is 25.5 Å². The quantitative estimate of drug-likeness (QED) is 0.140. The highest BCUT2D eigenvalue weighted by Crippen LogP contribution is 2.47. The summed E-state index contributed by atoms with van der Waals surface area (Å²) in [6, 6.07) is 9.22. The number of rotatable bonds is 12. The zero-order valence-electron chi connectivity index (χ0n) is 32.3. The molecule has 1 saturated heterocycles. The summed E-state index contributed by atoms with van der Waals surface area (Å²) in [5.41, 5.74) is 0.000746. The van der Waals surface area contributed by atoms with Crippen LogP contribution in [-0.4, -0.2) is 88.3 Å². The molecule has 2 aromatic heterocycles. The molecule has 0 bridgehead atoms. The van der Waals surface area contributed by atoms with Crippen LogP contribution in [0.15, 0.2) is 60.4 Å². The number of carbonyl (C=O) groups is 4. The van der Waals surface area contributed by atoms with Gasteiger partial charge in [-0.2, -0.15) is 0 Å². The SMILES string of the molecule is C=CC[C@@H]1C[C@]1(NC(=O)[C@@H]1C[C@@H](O/N=c2\c3ccccc3n(C)c3cccnc23)CN1C(=O)[C@@H](NC(=O)OC1CCCC1)C(C)(C)C)C(=O)NS(=O)(=O)C1CC1. The number of likely N-dealkylation sites (tertiary alicyclic amines) is 1. The standard InChI is InChI=1S/C40H51N7O8S/c1-6-12-24-22-40(24,37(50)45-56(52,53)27-18-19-27)43-35(48)31-21-26(23-47(31)36(49)34(39(2,3)4)42-38(51)54-25-13-7-8-14-25)55-44-32-28-15-9-10-16-29(28)46(5)30-17-11-20-41-33(30)32/h6,9-11,15-17,20,24-27,31,34H,1,7-8,12-14,18-19,21-23H2,2-5H3,(H,42,51)(H,43,48)(H,45,50)/b44-32+/t24-,26-,31+,34-,40-/m1/s1. The number of fused-ring (bicyclic) bond motifs is 2. The Morgan fingerprint density at radius 3 is 2.46 bits per heavy atom. The number of hydrogen-bond donors (Lipinski definition) is 3. The van der Waals surface area contributed by atoms with Gasteiger partial charge in [-0.15, -0.1) is 6.58 Å². The molecular formula is C40H51N7O8S. The van der Waals surface area contributed by atoms with Crippen molar-refractivity contribution in [2.75, 3.05) is 6.54 Å². The third kappa shape index (κ3) is 7.84. The first kappa shape index (κ1) is 39.3. The van der Waals surface area contributed by atoms with Gasteiger partial charge in [-0.25, -0.2) is 13.2 Å². The lowest BCUT2D eigenvalue weighted by Crippen LogP contribution is -2.60. The number of allylic oxidation sites excluding steroid dienone is 1. The van der Waals surface area contributed by atoms with Gasteiger partial charge in [-0.3, -0.25) is 24.1 Å². The van der Waals surface area contributed by atoms with E-state index >= 15 is 0 Å². The molecular weight excluding hydrogens is 739 g/mol. The maximum absolute atomic E-state index is 14.6. The van der Waals surface area contributed by atoms with Crippen molar-refractivity contribution in [2.45, 2.75) is 114 Å². The highest BCUT2D eigenvalue weighted by Gasteiger charge is 2.62. The number of para-hydroxylation sites is 1. The van der Waals surface area contributed by atoms with E-state index in [0.29, 0.717) is 30.1 Å². The van der Waals surface area contributed by atoms with Crippen LogP contribution in [0.3, 0.4) is 0 Å². The fourth-order valence-electron chi connectivity index (χ4n) is 8.07. The van der Waals surface area contributed by atoms with Gasteiger partial charge in [-0.1, -0.05) is 50.2 Å². The molecule has 3 aliphatic carbocycles. The molecule has 0 spiro atoms. The second-order valence-electron chi connectivity index (χ2n) is 16.7. The smallest absolute Gasteiger partial charge is 0.408 e. The molecule has 5 atom stereocenters. The fraction of sp³-hybridized carbons (Fsp3) is 0.550. The average molecular weight is 790 g/mol. The lowest BCUT2D eigenvalue weighted by Gasteiger charge is -2.35. The number of aryl methyl sites for hydroxylation is 1. The Bertz CT molecular complexity index is 2180. The van der Waals surface area contributed by atoms with Crippen LogP contribution >= 0.6 is 0 Å². The van der Waals surface area contributed by atoms with Gasteiger partial charge in [0.05, 0.1) is 22.8 Å². The highest BCUT2D eigenvalue weighted by molar-refractivity contribution is 7.91. The molecule has 4 amide bonds. The number of nitrogens with zero attached hydrogens (tertiary/aromatic N) is 4. The van der Waals surface area contributed by atoms with Crippen molar-refractivity contribution < 1.29 is 37.2 Å². The van der Waals surface area contributed by atoms with Gasteiger partial charge in [0.25, 0.3) is 5.91 Å². The largest absolute Gasteiger partial charge is 0.446 e. The van der Waals surface area contributed by atoms with Gasteiger partial charge < -0.3 is 29.7 Å². The Hall–Kier alpha value is -4.99. The van der Waals surface area contributed by atoms with Crippen LogP contribution in [-0.2, 0) is 41.0 Å². The summed E-state index contributed by atoms with van der Waals surface area (Å²) in [6.45, 7) is 9.13. The number of alkyl carbamates (subject to hydrolysis) is 1. The predicted molar refractivity (Wildman–Crippen MR) is 208 cm³/mol. The Kier molecular flexibility index (Phi) is 10.6. The van der Waals surface area contributed by atoms with E-state index in [1.807, 2.05) is 68.8 Å². The number of pyridine rings is 2. The molecule has 3 aromatic rings. The summed E-state index contributed by atoms with van der Waals surface area (Å²) >= 11 is 0. The zero-order valence-corrected chi connectivity index (χ0v) is 33.1. The van der Waals surface area contributed by atoms with Crippen LogP contribution in [0.1, 0.15) is 78.6 Å². The Labute approximate surface area is 326 Å². The van der Waals surface area contributed by atoms with Crippen LogP contribution in [0.25, 0.3) is 21.9 Å². The molecule has 15 nitrogen and oxygen atoms in total. The summed E-state index contributed by atoms with van der Waals surface area (Å²) in [4.78, 5) is 68.1. The number of aromatic nitrogens is 2. The number of benzene rings is 1. The molecule has 16 heteroatoms. The molecule has 0 radical (unpaired) electrons. The van der Waals surface area contributed by atoms with E-state index in [4.69, 9.17) is 9.57 Å². The summed E-state index contributed by atoms with van der Waals surface area (Å²) in [6.07, 6.45) is 6.46. The van der Waals surface area contributed by atoms with Gasteiger partial charge >= 0.3 is 6.09 Å². The minimum absolute atomic E-state index is 0.00143. The molecule has 0 unspecified atom stereocenters. The number of nitrogens with one attached hydrogen (secondary N) is 3. The average Bonchev–Trinajstić information content (AvgIpc) is 4.03. The highest BCUT2D eigenvalue weighted by atomic mass is 32.2. The molecule has 56 heavy (non-hydrogen) atoms. The fourth-order valence-corrected chi connectivity index (χ4v) is 9.44. The topological polar surface area (TPSA) is 190 Å². The molecule has 3 N–H and O–H groups in total. The van der Waals surface area contributed by atoms with Crippen LogP contribution in [0.2, 0.25) is 0 Å². The van der Waals surface area contributed by atoms with Crippen LogP contribution < -0.4 is 20.7 Å². The zero-order chi connectivity index (χ0) is 40.0. The molecule has 3 saturated carbocycles. The molecule has 3 heterocycles. The lowest BCUT2D eigenvalue weighted by atomic mass is 9.85. The first-order valence-electron chi connectivity index (χ1n) is 19.4. The van der Waals surface area contributed by atoms with Crippen molar-refractivity contribution in [3.8, 4) is 0 Å². The number of hydrogen-bond acceptors (Lipinski definition) is 10. The predicted octanol–water partition coefficient (Wildman–Crippen LogP) is 3.67. The normalized spacial score (nSPS) is 24.8. The van der Waals surface area contributed by atoms with E-state index in [1.54, 1.807) is 12.3 Å². The summed E-state index contributed by atoms with van der Waals surface area (Å²) < 4.78 is 35.5. The maximum atomic E-state index is 14.6. The second-order valence-corrected chi connectivity index (χ2v) is 18.6. The molecule has 1 aliphatic heterocycles. The second kappa shape index (κ2) is 15.2. The van der Waals surface area contributed by atoms with E-state index in [9.17, 15) is 27.6 Å². The Morgan fingerprint density at radius 1 is 1.05 bits per heavy atom. The number of ether oxygens (including phenoxy) is 1. The van der Waals surface area contributed by atoms with Crippen LogP contribution in [0.5, 0.6) is 0 Å². The monoisotopic (exact) mass is 789 g/mol. The number of carbonyl (C=O) groups excluding carboxylic acids is 4. The van der Waals surface area contributed by atoms with Crippen molar-refractivity contribution in [1.82, 2.24) is 29.8 Å². The lowest BCUT2D eigenvalue weighted by molar-refractivity contribution is -0.143. The first-order valence-corrected chi connectivity index (χ1v) is 21.0. The third-order valence-electron chi connectivity index (χ3n) is 11.5. The third-order valence-corrected chi connectivity index (χ3v) is 13.3. The summed E-state index contributed by atoms with van der Waals surface area (Å²) in [7, 11) is -1.96. The first-order chi connectivity index (χ1) is 26.6. The van der Waals surface area contributed by atoms with Crippen molar-refractivity contribution in [2.24, 2.45) is 23.5 Å². The summed E-state index contributed by atoms with van der Waals surface area (Å²) in [5.74, 6) is -2.39. The van der Waals surface area contributed by atoms with Crippen molar-refractivity contribution >= 4 is 55.8 Å². The number of sulfonamides is 1. The Morgan fingerprint density at radius 2 is 1.77 bits per heavy atom.